The van der Waals surface area contributed by atoms with Crippen LogP contribution in [0.5, 0.6) is 5.75 Å². The third-order valence-corrected chi connectivity index (χ3v) is 2.41. The van der Waals surface area contributed by atoms with Gasteiger partial charge in [-0.15, -0.1) is 12.4 Å². The average molecular weight is 332 g/mol. The molecule has 0 amide bonds. The van der Waals surface area contributed by atoms with E-state index in [1.54, 1.807) is 0 Å². The Bertz CT molecular complexity index is 474. The molecule has 9 heteroatoms. The summed E-state index contributed by atoms with van der Waals surface area (Å²) < 4.78 is 57.9. The van der Waals surface area contributed by atoms with Crippen molar-refractivity contribution in [2.75, 3.05) is 7.11 Å². The van der Waals surface area contributed by atoms with Gasteiger partial charge in [-0.3, -0.25) is 4.79 Å². The number of esters is 1. The molecule has 0 aliphatic rings. The van der Waals surface area contributed by atoms with Crippen LogP contribution in [-0.4, -0.2) is 25.6 Å². The number of rotatable bonds is 6. The lowest BCUT2D eigenvalue weighted by molar-refractivity contribution is -0.253. The van der Waals surface area contributed by atoms with E-state index in [-0.39, 0.29) is 24.4 Å². The first kappa shape index (κ1) is 19.5. The van der Waals surface area contributed by atoms with Gasteiger partial charge in [0.15, 0.2) is 0 Å². The molecule has 120 valence electrons. The van der Waals surface area contributed by atoms with Crippen molar-refractivity contribution < 1.29 is 31.8 Å². The maximum atomic E-state index is 12.8. The SMILES string of the molecule is COC(=O)C[C@@H](N)c1cccc(OC(F)(F)C(F)F)c1.Cl. The lowest BCUT2D eigenvalue weighted by Gasteiger charge is -2.18. The highest BCUT2D eigenvalue weighted by molar-refractivity contribution is 5.85. The number of hydrogen-bond acceptors (Lipinski definition) is 4. The molecule has 0 spiro atoms. The molecule has 0 radical (unpaired) electrons. The first-order chi connectivity index (χ1) is 9.26. The number of nitrogens with two attached hydrogens (primary N) is 1. The van der Waals surface area contributed by atoms with Crippen molar-refractivity contribution in [2.45, 2.75) is 25.0 Å². The van der Waals surface area contributed by atoms with E-state index in [0.717, 1.165) is 12.1 Å². The molecular weight excluding hydrogens is 318 g/mol. The standard InChI is InChI=1S/C12H13F4NO3.ClH/c1-19-10(18)6-9(17)7-3-2-4-8(5-7)20-12(15,16)11(13)14;/h2-5,9,11H,6,17H2,1H3;1H/t9-;/m1./s1. The van der Waals surface area contributed by atoms with Gasteiger partial charge in [-0.25, -0.2) is 0 Å². The predicted molar refractivity (Wildman–Crippen MR) is 68.8 cm³/mol. The number of carbonyl (C=O) groups is 1. The fourth-order valence-corrected chi connectivity index (χ4v) is 1.39. The summed E-state index contributed by atoms with van der Waals surface area (Å²) >= 11 is 0. The number of benzene rings is 1. The van der Waals surface area contributed by atoms with Gasteiger partial charge in [-0.1, -0.05) is 12.1 Å². The Morgan fingerprint density at radius 1 is 1.38 bits per heavy atom. The van der Waals surface area contributed by atoms with Crippen LogP contribution in [0, 0.1) is 0 Å². The highest BCUT2D eigenvalue weighted by atomic mass is 35.5. The molecule has 0 aromatic heterocycles. The van der Waals surface area contributed by atoms with Gasteiger partial charge in [0.05, 0.1) is 13.5 Å². The number of carbonyl (C=O) groups excluding carboxylic acids is 1. The van der Waals surface area contributed by atoms with E-state index >= 15 is 0 Å². The van der Waals surface area contributed by atoms with Crippen LogP contribution < -0.4 is 10.5 Å². The van der Waals surface area contributed by atoms with Gasteiger partial charge in [0, 0.05) is 6.04 Å². The molecule has 1 rings (SSSR count). The molecule has 0 saturated carbocycles. The average Bonchev–Trinajstić information content (AvgIpc) is 2.38. The second kappa shape index (κ2) is 8.04. The van der Waals surface area contributed by atoms with Crippen LogP contribution in [0.15, 0.2) is 24.3 Å². The summed E-state index contributed by atoms with van der Waals surface area (Å²) in [6.07, 6.45) is -8.72. The summed E-state index contributed by atoms with van der Waals surface area (Å²) in [6, 6.07) is 4.12. The van der Waals surface area contributed by atoms with Crippen molar-refractivity contribution in [3.05, 3.63) is 29.8 Å². The maximum Gasteiger partial charge on any atom is 0.461 e. The molecule has 0 heterocycles. The van der Waals surface area contributed by atoms with Crippen molar-refractivity contribution in [1.82, 2.24) is 0 Å². The Balaban J connectivity index is 0.00000400. The molecular formula is C12H14ClF4NO3. The lowest BCUT2D eigenvalue weighted by atomic mass is 10.0. The van der Waals surface area contributed by atoms with Crippen molar-refractivity contribution in [1.29, 1.82) is 0 Å². The normalized spacial score (nSPS) is 12.5. The number of alkyl halides is 4. The summed E-state index contributed by atoms with van der Waals surface area (Å²) in [5.41, 5.74) is 5.96. The number of methoxy groups -OCH3 is 1. The Labute approximate surface area is 124 Å². The molecule has 0 fully saturated rings. The third-order valence-electron chi connectivity index (χ3n) is 2.41. The van der Waals surface area contributed by atoms with Crippen LogP contribution in [0.4, 0.5) is 17.6 Å². The van der Waals surface area contributed by atoms with E-state index in [9.17, 15) is 22.4 Å². The van der Waals surface area contributed by atoms with Crippen LogP contribution in [0.2, 0.25) is 0 Å². The van der Waals surface area contributed by atoms with Gasteiger partial charge in [0.2, 0.25) is 0 Å². The molecule has 1 aromatic carbocycles. The van der Waals surface area contributed by atoms with Crippen LogP contribution in [-0.2, 0) is 9.53 Å². The Morgan fingerprint density at radius 2 is 2.00 bits per heavy atom. The molecule has 2 N–H and O–H groups in total. The smallest absolute Gasteiger partial charge is 0.461 e. The molecule has 0 aliphatic carbocycles. The topological polar surface area (TPSA) is 61.5 Å². The van der Waals surface area contributed by atoms with Crippen LogP contribution in [0.3, 0.4) is 0 Å². The van der Waals surface area contributed by atoms with E-state index in [1.807, 2.05) is 0 Å². The summed E-state index contributed by atoms with van der Waals surface area (Å²) in [7, 11) is 1.18. The van der Waals surface area contributed by atoms with Gasteiger partial charge >= 0.3 is 18.5 Å². The lowest BCUT2D eigenvalue weighted by Crippen LogP contribution is -2.33. The quantitative estimate of drug-likeness (QED) is 0.643. The molecule has 4 nitrogen and oxygen atoms in total. The third kappa shape index (κ3) is 5.76. The molecule has 0 bridgehead atoms. The first-order valence-corrected chi connectivity index (χ1v) is 5.53. The number of halogens is 5. The Morgan fingerprint density at radius 3 is 2.52 bits per heavy atom. The summed E-state index contributed by atoms with van der Waals surface area (Å²) in [5.74, 6) is -1.05. The number of ether oxygens (including phenoxy) is 2. The van der Waals surface area contributed by atoms with Crippen molar-refractivity contribution in [3.8, 4) is 5.75 Å². The zero-order valence-electron chi connectivity index (χ0n) is 10.9. The van der Waals surface area contributed by atoms with Gasteiger partial charge in [-0.2, -0.15) is 17.6 Å². The second-order valence-electron chi connectivity index (χ2n) is 3.92. The summed E-state index contributed by atoms with van der Waals surface area (Å²) in [4.78, 5) is 11.0. The zero-order chi connectivity index (χ0) is 15.3. The maximum absolute atomic E-state index is 12.8. The van der Waals surface area contributed by atoms with E-state index in [0.29, 0.717) is 0 Å². The van der Waals surface area contributed by atoms with E-state index in [4.69, 9.17) is 5.73 Å². The minimum Gasteiger partial charge on any atom is -0.469 e. The minimum absolute atomic E-state index is 0. The first-order valence-electron chi connectivity index (χ1n) is 5.53. The van der Waals surface area contributed by atoms with Crippen molar-refractivity contribution in [3.63, 3.8) is 0 Å². The molecule has 1 aromatic rings. The Kier molecular flexibility index (Phi) is 7.45. The number of hydrogen-bond donors (Lipinski definition) is 1. The van der Waals surface area contributed by atoms with E-state index in [1.165, 1.54) is 19.2 Å². The van der Waals surface area contributed by atoms with Crippen LogP contribution >= 0.6 is 12.4 Å². The zero-order valence-corrected chi connectivity index (χ0v) is 11.7. The highest BCUT2D eigenvalue weighted by Gasteiger charge is 2.44. The van der Waals surface area contributed by atoms with Crippen molar-refractivity contribution >= 4 is 18.4 Å². The van der Waals surface area contributed by atoms with Gasteiger partial charge in [0.1, 0.15) is 5.75 Å². The largest absolute Gasteiger partial charge is 0.469 e. The summed E-state index contributed by atoms with van der Waals surface area (Å²) in [5, 5.41) is 0. The monoisotopic (exact) mass is 331 g/mol. The minimum atomic E-state index is -4.59. The molecule has 1 atom stereocenters. The van der Waals surface area contributed by atoms with Gasteiger partial charge < -0.3 is 15.2 Å². The molecule has 0 saturated heterocycles. The van der Waals surface area contributed by atoms with E-state index in [2.05, 4.69) is 9.47 Å². The van der Waals surface area contributed by atoms with Gasteiger partial charge in [-0.05, 0) is 17.7 Å². The fraction of sp³-hybridized carbons (Fsp3) is 0.417. The summed E-state index contributed by atoms with van der Waals surface area (Å²) in [6.45, 7) is 0. The van der Waals surface area contributed by atoms with Crippen molar-refractivity contribution in [2.24, 2.45) is 5.73 Å². The second-order valence-corrected chi connectivity index (χ2v) is 3.92. The predicted octanol–water partition coefficient (Wildman–Crippen LogP) is 2.91. The molecule has 0 aliphatic heterocycles. The Hall–Kier alpha value is -1.54. The van der Waals surface area contributed by atoms with Crippen LogP contribution in [0.1, 0.15) is 18.0 Å². The molecule has 0 unspecified atom stereocenters. The van der Waals surface area contributed by atoms with Crippen LogP contribution in [0.25, 0.3) is 0 Å². The van der Waals surface area contributed by atoms with E-state index < -0.39 is 30.3 Å². The fourth-order valence-electron chi connectivity index (χ4n) is 1.39. The highest BCUT2D eigenvalue weighted by Crippen LogP contribution is 2.29. The molecule has 21 heavy (non-hydrogen) atoms. The van der Waals surface area contributed by atoms with Gasteiger partial charge in [0.25, 0.3) is 0 Å².